The first-order chi connectivity index (χ1) is 17.6. The zero-order chi connectivity index (χ0) is 24.7. The first-order valence-electron chi connectivity index (χ1n) is 13.1. The van der Waals surface area contributed by atoms with Gasteiger partial charge in [0.05, 0.1) is 18.0 Å². The van der Waals surface area contributed by atoms with Crippen molar-refractivity contribution in [3.63, 3.8) is 0 Å². The number of hydrogen-bond acceptors (Lipinski definition) is 4. The molecule has 2 fully saturated rings. The number of fused-ring (bicyclic) bond motifs is 3. The molecule has 5 atom stereocenters. The van der Waals surface area contributed by atoms with E-state index >= 15 is 0 Å². The highest BCUT2D eigenvalue weighted by Gasteiger charge is 2.55. The zero-order valence-corrected chi connectivity index (χ0v) is 21.5. The van der Waals surface area contributed by atoms with Crippen LogP contribution in [0.2, 0.25) is 0 Å². The topological polar surface area (TPSA) is 61.4 Å². The smallest absolute Gasteiger partial charge is 0.251 e. The summed E-state index contributed by atoms with van der Waals surface area (Å²) in [5.41, 5.74) is 4.16. The summed E-state index contributed by atoms with van der Waals surface area (Å²) in [7, 11) is 0. The van der Waals surface area contributed by atoms with Crippen molar-refractivity contribution in [2.75, 3.05) is 11.9 Å². The van der Waals surface area contributed by atoms with E-state index in [1.165, 1.54) is 11.1 Å². The average Bonchev–Trinajstić information content (AvgIpc) is 3.57. The number of carbonyl (C=O) groups is 2. The third-order valence-electron chi connectivity index (χ3n) is 8.64. The van der Waals surface area contributed by atoms with Crippen molar-refractivity contribution >= 4 is 28.8 Å². The van der Waals surface area contributed by atoms with Crippen LogP contribution in [0.5, 0.6) is 0 Å². The first kappa shape index (κ1) is 23.3. The summed E-state index contributed by atoms with van der Waals surface area (Å²) in [5, 5.41) is 11.4. The third kappa shape index (κ3) is 3.92. The molecule has 186 valence electrons. The Morgan fingerprint density at radius 1 is 1.03 bits per heavy atom. The quantitative estimate of drug-likeness (QED) is 0.450. The molecule has 3 aromatic rings. The fourth-order valence-electron chi connectivity index (χ4n) is 6.79. The lowest BCUT2D eigenvalue weighted by molar-refractivity contribution is -0.139. The van der Waals surface area contributed by atoms with Crippen molar-refractivity contribution in [2.45, 2.75) is 57.2 Å². The van der Waals surface area contributed by atoms with Crippen molar-refractivity contribution in [3.8, 4) is 0 Å². The van der Waals surface area contributed by atoms with Crippen LogP contribution < -0.4 is 10.6 Å². The van der Waals surface area contributed by atoms with Gasteiger partial charge in [0.25, 0.3) is 5.91 Å². The van der Waals surface area contributed by atoms with Crippen LogP contribution in [-0.4, -0.2) is 29.3 Å². The molecule has 3 heterocycles. The van der Waals surface area contributed by atoms with Crippen LogP contribution in [0.3, 0.4) is 0 Å². The highest BCUT2D eigenvalue weighted by atomic mass is 32.1. The second kappa shape index (κ2) is 9.40. The summed E-state index contributed by atoms with van der Waals surface area (Å²) in [4.78, 5) is 29.4. The maximum absolute atomic E-state index is 14.3. The van der Waals surface area contributed by atoms with E-state index in [2.05, 4.69) is 63.5 Å². The summed E-state index contributed by atoms with van der Waals surface area (Å²) in [5.74, 6) is -0.0748. The van der Waals surface area contributed by atoms with Crippen LogP contribution in [-0.2, 0) is 4.79 Å². The Hall–Kier alpha value is -3.12. The number of rotatable bonds is 4. The fraction of sp³-hybridized carbons (Fsp3) is 0.400. The van der Waals surface area contributed by atoms with Crippen LogP contribution in [0.4, 0.5) is 5.69 Å². The summed E-state index contributed by atoms with van der Waals surface area (Å²) in [6.45, 7) is 3.08. The number of benzene rings is 2. The number of anilines is 1. The molecular weight excluding hydrogens is 466 g/mol. The van der Waals surface area contributed by atoms with E-state index in [-0.39, 0.29) is 41.3 Å². The minimum absolute atomic E-state index is 0.0137. The van der Waals surface area contributed by atoms with Gasteiger partial charge in [-0.3, -0.25) is 9.59 Å². The molecule has 1 saturated heterocycles. The number of likely N-dealkylation sites (tertiary alicyclic amines) is 1. The second-order valence-corrected chi connectivity index (χ2v) is 11.5. The SMILES string of the molecule is C[C@]12CCN(C(=O)[C@H]3CCCC[C@H]3NC(=O)c3ccccc3)[C@H]1c1ccccc1N[C@H]2c1ccsc1. The number of para-hydroxylation sites is 1. The predicted molar refractivity (Wildman–Crippen MR) is 144 cm³/mol. The van der Waals surface area contributed by atoms with E-state index in [1.807, 2.05) is 30.3 Å². The van der Waals surface area contributed by atoms with Gasteiger partial charge in [0.2, 0.25) is 5.91 Å². The lowest BCUT2D eigenvalue weighted by atomic mass is 9.68. The molecule has 6 heteroatoms. The zero-order valence-electron chi connectivity index (χ0n) is 20.7. The largest absolute Gasteiger partial charge is 0.377 e. The second-order valence-electron chi connectivity index (χ2n) is 10.7. The normalized spacial score (nSPS) is 29.1. The number of nitrogens with one attached hydrogen (secondary N) is 2. The number of amides is 2. The Bertz CT molecular complexity index is 1240. The van der Waals surface area contributed by atoms with Crippen LogP contribution in [0, 0.1) is 11.3 Å². The monoisotopic (exact) mass is 499 g/mol. The van der Waals surface area contributed by atoms with Gasteiger partial charge in [-0.15, -0.1) is 0 Å². The highest BCUT2D eigenvalue weighted by molar-refractivity contribution is 7.08. The van der Waals surface area contributed by atoms with Crippen molar-refractivity contribution in [1.82, 2.24) is 10.2 Å². The minimum Gasteiger partial charge on any atom is -0.377 e. The number of thiophene rings is 1. The molecule has 1 saturated carbocycles. The van der Waals surface area contributed by atoms with E-state index in [0.29, 0.717) is 5.56 Å². The molecule has 3 aliphatic rings. The molecule has 2 amide bonds. The van der Waals surface area contributed by atoms with E-state index in [0.717, 1.165) is 44.3 Å². The van der Waals surface area contributed by atoms with Crippen molar-refractivity contribution in [2.24, 2.45) is 11.3 Å². The molecule has 0 spiro atoms. The van der Waals surface area contributed by atoms with Crippen LogP contribution in [0.15, 0.2) is 71.4 Å². The van der Waals surface area contributed by atoms with Crippen molar-refractivity contribution in [1.29, 1.82) is 0 Å². The van der Waals surface area contributed by atoms with Gasteiger partial charge in [-0.25, -0.2) is 0 Å². The van der Waals surface area contributed by atoms with Gasteiger partial charge in [-0.1, -0.05) is 56.2 Å². The van der Waals surface area contributed by atoms with E-state index in [9.17, 15) is 9.59 Å². The number of hydrogen-bond donors (Lipinski definition) is 2. The van der Waals surface area contributed by atoms with Crippen LogP contribution in [0.25, 0.3) is 0 Å². The van der Waals surface area contributed by atoms with Gasteiger partial charge in [0.15, 0.2) is 0 Å². The summed E-state index contributed by atoms with van der Waals surface area (Å²) >= 11 is 1.72. The fourth-order valence-corrected chi connectivity index (χ4v) is 7.48. The van der Waals surface area contributed by atoms with E-state index in [1.54, 1.807) is 11.3 Å². The first-order valence-corrected chi connectivity index (χ1v) is 14.0. The van der Waals surface area contributed by atoms with Gasteiger partial charge < -0.3 is 15.5 Å². The summed E-state index contributed by atoms with van der Waals surface area (Å²) in [6, 6.07) is 20.0. The lowest BCUT2D eigenvalue weighted by Crippen LogP contribution is -2.51. The summed E-state index contributed by atoms with van der Waals surface area (Å²) in [6.07, 6.45) is 4.68. The Labute approximate surface area is 216 Å². The van der Waals surface area contributed by atoms with Crippen LogP contribution in [0.1, 0.15) is 72.6 Å². The lowest BCUT2D eigenvalue weighted by Gasteiger charge is -2.47. The molecule has 36 heavy (non-hydrogen) atoms. The molecule has 2 aromatic carbocycles. The molecule has 0 radical (unpaired) electrons. The Kier molecular flexibility index (Phi) is 6.08. The van der Waals surface area contributed by atoms with Gasteiger partial charge in [-0.05, 0) is 65.4 Å². The van der Waals surface area contributed by atoms with Crippen LogP contribution >= 0.6 is 11.3 Å². The highest BCUT2D eigenvalue weighted by Crippen LogP contribution is 2.60. The molecule has 1 aromatic heterocycles. The summed E-state index contributed by atoms with van der Waals surface area (Å²) < 4.78 is 0. The number of carbonyl (C=O) groups excluding carboxylic acids is 2. The molecule has 5 nitrogen and oxygen atoms in total. The molecule has 6 rings (SSSR count). The maximum atomic E-state index is 14.3. The Morgan fingerprint density at radius 2 is 1.81 bits per heavy atom. The van der Waals surface area contributed by atoms with Gasteiger partial charge in [0, 0.05) is 29.3 Å². The predicted octanol–water partition coefficient (Wildman–Crippen LogP) is 6.18. The molecule has 0 unspecified atom stereocenters. The molecular formula is C30H33N3O2S. The maximum Gasteiger partial charge on any atom is 0.251 e. The molecule has 1 aliphatic carbocycles. The van der Waals surface area contributed by atoms with Crippen molar-refractivity contribution < 1.29 is 9.59 Å². The minimum atomic E-state index is -0.185. The Morgan fingerprint density at radius 3 is 2.61 bits per heavy atom. The van der Waals surface area contributed by atoms with Gasteiger partial charge in [-0.2, -0.15) is 11.3 Å². The average molecular weight is 500 g/mol. The molecule has 2 N–H and O–H groups in total. The molecule has 2 aliphatic heterocycles. The molecule has 0 bridgehead atoms. The van der Waals surface area contributed by atoms with Gasteiger partial charge in [0.1, 0.15) is 0 Å². The standard InChI is InChI=1S/C30H33N3O2S/c1-30-16-17-33(27(30)22-11-5-7-13-24(22)31-26(30)21-15-18-36-19-21)29(35)23-12-6-8-14-25(23)32-28(34)20-9-3-2-4-10-20/h2-5,7,9-11,13,15,18-19,23,25-27,31H,6,8,12,14,16-17H2,1H3,(H,32,34)/t23-,25+,26-,27-,30+/m0/s1. The van der Waals surface area contributed by atoms with E-state index < -0.39 is 0 Å². The van der Waals surface area contributed by atoms with Crippen molar-refractivity contribution in [3.05, 3.63) is 88.1 Å². The van der Waals surface area contributed by atoms with Gasteiger partial charge >= 0.3 is 0 Å². The van der Waals surface area contributed by atoms with E-state index in [4.69, 9.17) is 0 Å². The Balaban J connectivity index is 1.31. The number of nitrogens with zero attached hydrogens (tertiary/aromatic N) is 1. The third-order valence-corrected chi connectivity index (χ3v) is 9.34.